The van der Waals surface area contributed by atoms with E-state index in [2.05, 4.69) is 6.92 Å². The summed E-state index contributed by atoms with van der Waals surface area (Å²) < 4.78 is 70.3. The Morgan fingerprint density at radius 1 is 0.757 bits per heavy atom. The van der Waals surface area contributed by atoms with E-state index >= 15 is 8.78 Å². The Morgan fingerprint density at radius 2 is 1.35 bits per heavy atom. The minimum atomic E-state index is -1.33. The SMILES string of the molecule is CCCC1CCC(CCc2ccc(-c3cc4oc5cc(OCC)c(F)c(F)c5c4c(F)c3F)cc2)CC1. The highest BCUT2D eigenvalue weighted by Gasteiger charge is 2.26. The van der Waals surface area contributed by atoms with Crippen LogP contribution in [0.3, 0.4) is 0 Å². The van der Waals surface area contributed by atoms with Crippen LogP contribution in [0.2, 0.25) is 0 Å². The molecule has 37 heavy (non-hydrogen) atoms. The molecule has 6 heteroatoms. The maximum absolute atomic E-state index is 15.2. The average molecular weight is 513 g/mol. The van der Waals surface area contributed by atoms with Crippen LogP contribution in [0.1, 0.15) is 64.4 Å². The average Bonchev–Trinajstić information content (AvgIpc) is 3.28. The van der Waals surface area contributed by atoms with Gasteiger partial charge in [0.15, 0.2) is 23.2 Å². The van der Waals surface area contributed by atoms with E-state index in [9.17, 15) is 8.78 Å². The minimum absolute atomic E-state index is 0.00997. The molecule has 0 aliphatic heterocycles. The second-order valence-electron chi connectivity index (χ2n) is 10.2. The summed E-state index contributed by atoms with van der Waals surface area (Å²) in [7, 11) is 0. The molecule has 0 unspecified atom stereocenters. The molecule has 0 N–H and O–H groups in total. The van der Waals surface area contributed by atoms with Crippen LogP contribution in [0.5, 0.6) is 5.75 Å². The van der Waals surface area contributed by atoms with Gasteiger partial charge in [0.25, 0.3) is 0 Å². The van der Waals surface area contributed by atoms with Gasteiger partial charge in [-0.3, -0.25) is 0 Å². The van der Waals surface area contributed by atoms with Crippen molar-refractivity contribution in [1.82, 2.24) is 0 Å². The zero-order valence-electron chi connectivity index (χ0n) is 21.3. The molecule has 0 radical (unpaired) electrons. The van der Waals surface area contributed by atoms with Crippen LogP contribution in [0.15, 0.2) is 40.8 Å². The molecule has 2 nitrogen and oxygen atoms in total. The van der Waals surface area contributed by atoms with Gasteiger partial charge < -0.3 is 9.15 Å². The highest BCUT2D eigenvalue weighted by atomic mass is 19.2. The standard InChI is InChI=1S/C31H32F4O2/c1-3-5-18-6-8-19(9-7-18)10-11-20-12-14-21(15-13-20)22-16-23-26(30(34)28(22)32)27-24(37-23)17-25(36-4-2)29(33)31(27)35/h12-19H,3-11H2,1-2H3. The molecule has 1 fully saturated rings. The number of furan rings is 1. The molecule has 0 spiro atoms. The number of hydrogen-bond acceptors (Lipinski definition) is 2. The van der Waals surface area contributed by atoms with Crippen molar-refractivity contribution in [2.45, 2.75) is 65.2 Å². The zero-order chi connectivity index (χ0) is 26.1. The van der Waals surface area contributed by atoms with Crippen molar-refractivity contribution in [3.63, 3.8) is 0 Å². The Balaban J connectivity index is 1.38. The largest absolute Gasteiger partial charge is 0.491 e. The predicted molar refractivity (Wildman–Crippen MR) is 139 cm³/mol. The lowest BCUT2D eigenvalue weighted by atomic mass is 9.78. The molecule has 3 aromatic carbocycles. The van der Waals surface area contributed by atoms with Gasteiger partial charge in [-0.1, -0.05) is 69.7 Å². The summed E-state index contributed by atoms with van der Waals surface area (Å²) in [5.41, 5.74) is 1.50. The molecular formula is C31H32F4O2. The van der Waals surface area contributed by atoms with Gasteiger partial charge in [0, 0.05) is 11.6 Å². The third kappa shape index (κ3) is 4.95. The van der Waals surface area contributed by atoms with E-state index in [0.29, 0.717) is 5.56 Å². The van der Waals surface area contributed by atoms with Gasteiger partial charge in [0.05, 0.1) is 17.4 Å². The second-order valence-corrected chi connectivity index (χ2v) is 10.2. The normalized spacial score (nSPS) is 18.1. The lowest BCUT2D eigenvalue weighted by Crippen LogP contribution is -2.15. The van der Waals surface area contributed by atoms with Crippen molar-refractivity contribution >= 4 is 21.9 Å². The number of hydrogen-bond donors (Lipinski definition) is 0. The quantitative estimate of drug-likeness (QED) is 0.219. The molecule has 1 saturated carbocycles. The Morgan fingerprint density at radius 3 is 1.97 bits per heavy atom. The fourth-order valence-electron chi connectivity index (χ4n) is 5.84. The van der Waals surface area contributed by atoms with Crippen molar-refractivity contribution in [2.75, 3.05) is 6.61 Å². The number of halogens is 4. The van der Waals surface area contributed by atoms with E-state index in [1.165, 1.54) is 50.7 Å². The fourth-order valence-corrected chi connectivity index (χ4v) is 5.84. The van der Waals surface area contributed by atoms with Gasteiger partial charge in [-0.25, -0.2) is 13.2 Å². The third-order valence-corrected chi connectivity index (χ3v) is 7.85. The van der Waals surface area contributed by atoms with E-state index in [1.807, 2.05) is 12.1 Å². The molecule has 1 aliphatic rings. The smallest absolute Gasteiger partial charge is 0.201 e. The summed E-state index contributed by atoms with van der Waals surface area (Å²) in [4.78, 5) is 0. The Hall–Kier alpha value is -3.02. The van der Waals surface area contributed by atoms with Gasteiger partial charge in [0.2, 0.25) is 5.82 Å². The number of aryl methyl sites for hydroxylation is 1. The van der Waals surface area contributed by atoms with Crippen LogP contribution >= 0.6 is 0 Å². The number of ether oxygens (including phenoxy) is 1. The highest BCUT2D eigenvalue weighted by Crippen LogP contribution is 2.40. The Bertz CT molecular complexity index is 1400. The molecule has 0 saturated heterocycles. The molecular weight excluding hydrogens is 480 g/mol. The predicted octanol–water partition coefficient (Wildman–Crippen LogP) is 9.75. The van der Waals surface area contributed by atoms with Crippen molar-refractivity contribution in [3.05, 3.63) is 65.2 Å². The summed E-state index contributed by atoms with van der Waals surface area (Å²) in [5.74, 6) is -3.67. The van der Waals surface area contributed by atoms with Gasteiger partial charge >= 0.3 is 0 Å². The van der Waals surface area contributed by atoms with E-state index in [1.54, 1.807) is 19.1 Å². The molecule has 4 aromatic rings. The topological polar surface area (TPSA) is 22.4 Å². The van der Waals surface area contributed by atoms with E-state index in [0.717, 1.165) is 30.2 Å². The van der Waals surface area contributed by atoms with Gasteiger partial charge in [-0.2, -0.15) is 4.39 Å². The lowest BCUT2D eigenvalue weighted by molar-refractivity contribution is 0.252. The maximum atomic E-state index is 15.2. The molecule has 5 rings (SSSR count). The van der Waals surface area contributed by atoms with Crippen LogP contribution in [0.4, 0.5) is 17.6 Å². The molecule has 0 bridgehead atoms. The Labute approximate surface area is 214 Å². The van der Waals surface area contributed by atoms with E-state index in [-0.39, 0.29) is 29.1 Å². The number of fused-ring (bicyclic) bond motifs is 3. The summed E-state index contributed by atoms with van der Waals surface area (Å²) in [6.45, 7) is 4.00. The minimum Gasteiger partial charge on any atom is -0.491 e. The van der Waals surface area contributed by atoms with Crippen LogP contribution in [0.25, 0.3) is 33.1 Å². The monoisotopic (exact) mass is 512 g/mol. The van der Waals surface area contributed by atoms with Crippen LogP contribution in [-0.4, -0.2) is 6.61 Å². The Kier molecular flexibility index (Phi) is 7.45. The first-order valence-electron chi connectivity index (χ1n) is 13.4. The first-order chi connectivity index (χ1) is 17.9. The maximum Gasteiger partial charge on any atom is 0.201 e. The molecule has 1 heterocycles. The molecule has 0 amide bonds. The first kappa shape index (κ1) is 25.6. The van der Waals surface area contributed by atoms with Crippen molar-refractivity contribution in [2.24, 2.45) is 11.8 Å². The van der Waals surface area contributed by atoms with Crippen LogP contribution < -0.4 is 4.74 Å². The highest BCUT2D eigenvalue weighted by molar-refractivity contribution is 6.07. The summed E-state index contributed by atoms with van der Waals surface area (Å²) in [6, 6.07) is 9.94. The van der Waals surface area contributed by atoms with Crippen molar-refractivity contribution < 1.29 is 26.7 Å². The van der Waals surface area contributed by atoms with Crippen LogP contribution in [0, 0.1) is 35.1 Å². The van der Waals surface area contributed by atoms with Crippen LogP contribution in [-0.2, 0) is 6.42 Å². The molecule has 196 valence electrons. The lowest BCUT2D eigenvalue weighted by Gasteiger charge is -2.28. The molecule has 0 atom stereocenters. The zero-order valence-corrected chi connectivity index (χ0v) is 21.3. The second kappa shape index (κ2) is 10.8. The number of benzene rings is 3. The molecule has 1 aliphatic carbocycles. The first-order valence-corrected chi connectivity index (χ1v) is 13.4. The van der Waals surface area contributed by atoms with Crippen molar-refractivity contribution in [3.8, 4) is 16.9 Å². The van der Waals surface area contributed by atoms with Gasteiger partial charge in [-0.05, 0) is 48.8 Å². The van der Waals surface area contributed by atoms with E-state index < -0.39 is 34.0 Å². The summed E-state index contributed by atoms with van der Waals surface area (Å²) >= 11 is 0. The summed E-state index contributed by atoms with van der Waals surface area (Å²) in [6.07, 6.45) is 9.94. The summed E-state index contributed by atoms with van der Waals surface area (Å²) in [5, 5.41) is -0.848. The van der Waals surface area contributed by atoms with Gasteiger partial charge in [0.1, 0.15) is 11.2 Å². The van der Waals surface area contributed by atoms with E-state index in [4.69, 9.17) is 9.15 Å². The fraction of sp³-hybridized carbons (Fsp3) is 0.419. The van der Waals surface area contributed by atoms with Gasteiger partial charge in [-0.15, -0.1) is 0 Å². The third-order valence-electron chi connectivity index (χ3n) is 7.85. The number of rotatable bonds is 8. The molecule has 1 aromatic heterocycles. The van der Waals surface area contributed by atoms with Crippen molar-refractivity contribution in [1.29, 1.82) is 0 Å².